The molecule has 1 N–H and O–H groups in total. The molecule has 0 aliphatic heterocycles. The summed E-state index contributed by atoms with van der Waals surface area (Å²) in [6.45, 7) is 0.364. The summed E-state index contributed by atoms with van der Waals surface area (Å²) in [7, 11) is 1.51. The van der Waals surface area contributed by atoms with Gasteiger partial charge in [-0.3, -0.25) is 4.79 Å². The molecular weight excluding hydrogens is 340 g/mol. The van der Waals surface area contributed by atoms with Gasteiger partial charge in [0.15, 0.2) is 18.1 Å². The predicted octanol–water partition coefficient (Wildman–Crippen LogP) is 3.58. The van der Waals surface area contributed by atoms with Gasteiger partial charge in [-0.1, -0.05) is 29.8 Å². The number of nitrogens with one attached hydrogen (secondary N) is 1. The maximum absolute atomic E-state index is 11.9. The Morgan fingerprint density at radius 1 is 1.24 bits per heavy atom. The summed E-state index contributed by atoms with van der Waals surface area (Å²) >= 11 is 5.82. The molecule has 2 aromatic rings. The Morgan fingerprint density at radius 2 is 2.00 bits per heavy atom. The molecule has 0 aromatic heterocycles. The predicted molar refractivity (Wildman–Crippen MR) is 96.4 cm³/mol. The summed E-state index contributed by atoms with van der Waals surface area (Å²) in [4.78, 5) is 11.9. The van der Waals surface area contributed by atoms with Crippen molar-refractivity contribution in [3.63, 3.8) is 0 Å². The smallest absolute Gasteiger partial charge is 0.244 e. The van der Waals surface area contributed by atoms with Crippen LogP contribution in [0.2, 0.25) is 5.02 Å². The van der Waals surface area contributed by atoms with Crippen molar-refractivity contribution in [1.82, 2.24) is 5.32 Å². The second-order valence-corrected chi connectivity index (χ2v) is 5.47. The number of rotatable bonds is 7. The first-order valence-corrected chi connectivity index (χ1v) is 7.88. The maximum atomic E-state index is 11.9. The molecule has 0 saturated heterocycles. The molecule has 2 aromatic carbocycles. The van der Waals surface area contributed by atoms with Crippen LogP contribution in [-0.4, -0.2) is 19.6 Å². The number of methoxy groups -OCH3 is 1. The first kappa shape index (κ1) is 18.4. The number of benzene rings is 2. The highest BCUT2D eigenvalue weighted by molar-refractivity contribution is 6.30. The lowest BCUT2D eigenvalue weighted by Crippen LogP contribution is -2.20. The van der Waals surface area contributed by atoms with Crippen molar-refractivity contribution in [3.05, 3.63) is 64.7 Å². The van der Waals surface area contributed by atoms with Gasteiger partial charge in [0.25, 0.3) is 0 Å². The third-order valence-corrected chi connectivity index (χ3v) is 3.54. The summed E-state index contributed by atoms with van der Waals surface area (Å²) < 4.78 is 10.5. The molecule has 0 atom stereocenters. The first-order chi connectivity index (χ1) is 12.1. The summed E-state index contributed by atoms with van der Waals surface area (Å²) in [6, 6.07) is 14.4. The highest BCUT2D eigenvalue weighted by Crippen LogP contribution is 2.28. The molecule has 0 heterocycles. The Balaban J connectivity index is 1.94. The summed E-state index contributed by atoms with van der Waals surface area (Å²) in [5, 5.41) is 12.0. The third kappa shape index (κ3) is 5.87. The van der Waals surface area contributed by atoms with Crippen LogP contribution in [0.25, 0.3) is 6.08 Å². The van der Waals surface area contributed by atoms with Crippen LogP contribution in [0.15, 0.2) is 48.5 Å². The molecule has 25 heavy (non-hydrogen) atoms. The minimum absolute atomic E-state index is 0.0569. The van der Waals surface area contributed by atoms with Crippen molar-refractivity contribution in [2.45, 2.75) is 6.54 Å². The quantitative estimate of drug-likeness (QED) is 0.770. The molecule has 1 amide bonds. The average Bonchev–Trinajstić information content (AvgIpc) is 2.64. The minimum Gasteiger partial charge on any atom is -0.493 e. The topological polar surface area (TPSA) is 71.3 Å². The van der Waals surface area contributed by atoms with Crippen LogP contribution in [0, 0.1) is 11.3 Å². The Kier molecular flexibility index (Phi) is 6.87. The molecule has 6 heteroatoms. The number of carbonyl (C=O) groups is 1. The number of amides is 1. The van der Waals surface area contributed by atoms with Crippen LogP contribution in [0.4, 0.5) is 0 Å². The van der Waals surface area contributed by atoms with Crippen LogP contribution in [0.3, 0.4) is 0 Å². The zero-order chi connectivity index (χ0) is 18.1. The number of carbonyl (C=O) groups excluding carboxylic acids is 1. The first-order valence-electron chi connectivity index (χ1n) is 7.50. The summed E-state index contributed by atoms with van der Waals surface area (Å²) in [6.07, 6.45) is 3.12. The van der Waals surface area contributed by atoms with Crippen molar-refractivity contribution in [2.75, 3.05) is 13.7 Å². The van der Waals surface area contributed by atoms with E-state index in [9.17, 15) is 4.79 Å². The molecule has 0 saturated carbocycles. The van der Waals surface area contributed by atoms with E-state index in [2.05, 4.69) is 5.32 Å². The van der Waals surface area contributed by atoms with Gasteiger partial charge in [-0.25, -0.2) is 0 Å². The highest BCUT2D eigenvalue weighted by Gasteiger charge is 2.05. The fraction of sp³-hybridized carbons (Fsp3) is 0.158. The number of hydrogen-bond donors (Lipinski definition) is 1. The van der Waals surface area contributed by atoms with Gasteiger partial charge < -0.3 is 14.8 Å². The number of nitrogens with zero attached hydrogens (tertiary/aromatic N) is 1. The van der Waals surface area contributed by atoms with Gasteiger partial charge in [0, 0.05) is 17.6 Å². The fourth-order valence-corrected chi connectivity index (χ4v) is 2.17. The van der Waals surface area contributed by atoms with E-state index < -0.39 is 0 Å². The molecule has 0 aliphatic carbocycles. The number of ether oxygens (including phenoxy) is 2. The second-order valence-electron chi connectivity index (χ2n) is 5.03. The van der Waals surface area contributed by atoms with Crippen LogP contribution in [0.1, 0.15) is 11.1 Å². The lowest BCUT2D eigenvalue weighted by molar-refractivity contribution is -0.116. The van der Waals surface area contributed by atoms with Crippen molar-refractivity contribution in [1.29, 1.82) is 5.26 Å². The largest absolute Gasteiger partial charge is 0.493 e. The van der Waals surface area contributed by atoms with Crippen LogP contribution < -0.4 is 14.8 Å². The molecule has 0 unspecified atom stereocenters. The second kappa shape index (κ2) is 9.36. The number of hydrogen-bond acceptors (Lipinski definition) is 4. The fourth-order valence-electron chi connectivity index (χ4n) is 2.04. The van der Waals surface area contributed by atoms with Gasteiger partial charge in [-0.15, -0.1) is 0 Å². The van der Waals surface area contributed by atoms with Gasteiger partial charge >= 0.3 is 0 Å². The van der Waals surface area contributed by atoms with E-state index in [1.54, 1.807) is 36.4 Å². The van der Waals surface area contributed by atoms with Gasteiger partial charge in [0.05, 0.1) is 7.11 Å². The van der Waals surface area contributed by atoms with E-state index in [4.69, 9.17) is 26.3 Å². The molecule has 2 rings (SSSR count). The summed E-state index contributed by atoms with van der Waals surface area (Å²) in [5.74, 6) is 0.770. The van der Waals surface area contributed by atoms with Crippen molar-refractivity contribution < 1.29 is 14.3 Å². The van der Waals surface area contributed by atoms with Gasteiger partial charge in [0.2, 0.25) is 5.91 Å². The van der Waals surface area contributed by atoms with Gasteiger partial charge in [-0.2, -0.15) is 5.26 Å². The van der Waals surface area contributed by atoms with Crippen molar-refractivity contribution in [3.8, 4) is 17.6 Å². The van der Waals surface area contributed by atoms with E-state index >= 15 is 0 Å². The average molecular weight is 357 g/mol. The molecule has 0 fully saturated rings. The molecule has 0 spiro atoms. The van der Waals surface area contributed by atoms with E-state index in [1.807, 2.05) is 18.2 Å². The Bertz CT molecular complexity index is 795. The normalized spacial score (nSPS) is 10.3. The third-order valence-electron chi connectivity index (χ3n) is 3.29. The molecular formula is C19H17ClN2O3. The van der Waals surface area contributed by atoms with Crippen LogP contribution in [0.5, 0.6) is 11.5 Å². The van der Waals surface area contributed by atoms with Gasteiger partial charge in [0.1, 0.15) is 6.07 Å². The van der Waals surface area contributed by atoms with Crippen LogP contribution >= 0.6 is 11.6 Å². The standard InChI is InChI=1S/C19H17ClN2O3/c1-24-18-12-14(4-8-17(18)25-11-10-21)5-9-19(23)22-13-15-2-6-16(20)7-3-15/h2-9,12H,11,13H2,1H3,(H,22,23)/b9-5+. The minimum atomic E-state index is -0.210. The Morgan fingerprint density at radius 3 is 2.68 bits per heavy atom. The van der Waals surface area contributed by atoms with Crippen molar-refractivity contribution >= 4 is 23.6 Å². The maximum Gasteiger partial charge on any atom is 0.244 e. The van der Waals surface area contributed by atoms with E-state index in [1.165, 1.54) is 13.2 Å². The Labute approximate surface area is 151 Å². The molecule has 128 valence electrons. The zero-order valence-corrected chi connectivity index (χ0v) is 14.4. The molecule has 0 radical (unpaired) electrons. The lowest BCUT2D eigenvalue weighted by atomic mass is 10.2. The van der Waals surface area contributed by atoms with Crippen molar-refractivity contribution in [2.24, 2.45) is 0 Å². The van der Waals surface area contributed by atoms with Crippen LogP contribution in [-0.2, 0) is 11.3 Å². The zero-order valence-electron chi connectivity index (χ0n) is 13.7. The van der Waals surface area contributed by atoms with Gasteiger partial charge in [-0.05, 0) is 41.5 Å². The lowest BCUT2D eigenvalue weighted by Gasteiger charge is -2.08. The monoisotopic (exact) mass is 356 g/mol. The van der Waals surface area contributed by atoms with E-state index in [-0.39, 0.29) is 12.5 Å². The summed E-state index contributed by atoms with van der Waals surface area (Å²) in [5.41, 5.74) is 1.75. The SMILES string of the molecule is COc1cc(/C=C/C(=O)NCc2ccc(Cl)cc2)ccc1OCC#N. The highest BCUT2D eigenvalue weighted by atomic mass is 35.5. The molecule has 0 bridgehead atoms. The number of halogens is 1. The Hall–Kier alpha value is -2.97. The van der Waals surface area contributed by atoms with E-state index in [0.717, 1.165) is 11.1 Å². The van der Waals surface area contributed by atoms with E-state index in [0.29, 0.717) is 23.1 Å². The molecule has 5 nitrogen and oxygen atoms in total. The number of nitriles is 1. The molecule has 0 aliphatic rings.